The number of aryl methyl sites for hydroxylation is 1. The Bertz CT molecular complexity index is 1070. The first-order valence-corrected chi connectivity index (χ1v) is 8.81. The van der Waals surface area contributed by atoms with Crippen LogP contribution in [0.1, 0.15) is 27.2 Å². The second-order valence-corrected chi connectivity index (χ2v) is 6.18. The van der Waals surface area contributed by atoms with Gasteiger partial charge in [0.25, 0.3) is 11.6 Å². The minimum Gasteiger partial charge on any atom is -0.267 e. The number of nitro groups is 1. The topological polar surface area (TPSA) is 97.5 Å². The molecule has 29 heavy (non-hydrogen) atoms. The highest BCUT2D eigenvalue weighted by Gasteiger charge is 2.07. The number of hydrogen-bond donors (Lipinski definition) is 1. The average molecular weight is 386 g/mol. The van der Waals surface area contributed by atoms with Gasteiger partial charge in [0.15, 0.2) is 0 Å². The molecule has 0 aliphatic heterocycles. The van der Waals surface area contributed by atoms with Crippen molar-refractivity contribution in [2.75, 3.05) is 0 Å². The molecule has 0 unspecified atom stereocenters. The summed E-state index contributed by atoms with van der Waals surface area (Å²) in [5.74, 6) is -0.380. The summed E-state index contributed by atoms with van der Waals surface area (Å²) in [5.41, 5.74) is 5.69. The Balaban J connectivity index is 1.86. The third-order valence-corrected chi connectivity index (χ3v) is 4.04. The van der Waals surface area contributed by atoms with Crippen LogP contribution in [0.3, 0.4) is 0 Å². The van der Waals surface area contributed by atoms with Gasteiger partial charge in [0, 0.05) is 29.6 Å². The van der Waals surface area contributed by atoms with E-state index in [4.69, 9.17) is 0 Å². The molecule has 1 aromatic heterocycles. The van der Waals surface area contributed by atoms with Crippen LogP contribution in [-0.4, -0.2) is 21.5 Å². The summed E-state index contributed by atoms with van der Waals surface area (Å²) in [4.78, 5) is 26.9. The highest BCUT2D eigenvalue weighted by Crippen LogP contribution is 2.15. The van der Waals surface area contributed by atoms with Gasteiger partial charge in [-0.05, 0) is 30.7 Å². The highest BCUT2D eigenvalue weighted by atomic mass is 16.6. The summed E-state index contributed by atoms with van der Waals surface area (Å²) in [5, 5.41) is 15.2. The second kappa shape index (κ2) is 9.18. The summed E-state index contributed by atoms with van der Waals surface area (Å²) in [6.07, 6.45) is 4.89. The fourth-order valence-corrected chi connectivity index (χ4v) is 2.50. The summed E-state index contributed by atoms with van der Waals surface area (Å²) in [7, 11) is 0. The van der Waals surface area contributed by atoms with Gasteiger partial charge in [0.1, 0.15) is 0 Å². The number of pyridine rings is 1. The van der Waals surface area contributed by atoms with Crippen molar-refractivity contribution in [1.82, 2.24) is 10.4 Å². The van der Waals surface area contributed by atoms with Crippen LogP contribution >= 0.6 is 0 Å². The SMILES string of the molecule is Cc1ccc(C(=O)N/N=C(\C=C\c2cccc([N+](=O)[O-])c2)c2ccccc2)cn1. The smallest absolute Gasteiger partial charge is 0.267 e. The zero-order chi connectivity index (χ0) is 20.6. The highest BCUT2D eigenvalue weighted by molar-refractivity contribution is 6.11. The maximum Gasteiger partial charge on any atom is 0.272 e. The molecule has 0 aliphatic carbocycles. The van der Waals surface area contributed by atoms with Crippen molar-refractivity contribution >= 4 is 23.4 Å². The van der Waals surface area contributed by atoms with Crippen LogP contribution < -0.4 is 5.43 Å². The molecule has 2 aromatic carbocycles. The lowest BCUT2D eigenvalue weighted by atomic mass is 10.1. The zero-order valence-corrected chi connectivity index (χ0v) is 15.6. The lowest BCUT2D eigenvalue weighted by Crippen LogP contribution is -2.19. The van der Waals surface area contributed by atoms with Crippen LogP contribution in [0, 0.1) is 17.0 Å². The fourth-order valence-electron chi connectivity index (χ4n) is 2.50. The van der Waals surface area contributed by atoms with Crippen molar-refractivity contribution < 1.29 is 9.72 Å². The van der Waals surface area contributed by atoms with E-state index in [1.807, 2.05) is 37.3 Å². The average Bonchev–Trinajstić information content (AvgIpc) is 2.75. The molecule has 7 nitrogen and oxygen atoms in total. The van der Waals surface area contributed by atoms with E-state index < -0.39 is 4.92 Å². The van der Waals surface area contributed by atoms with Crippen molar-refractivity contribution in [1.29, 1.82) is 0 Å². The van der Waals surface area contributed by atoms with Gasteiger partial charge in [-0.2, -0.15) is 5.10 Å². The van der Waals surface area contributed by atoms with Gasteiger partial charge in [0.2, 0.25) is 0 Å². The number of nitrogens with one attached hydrogen (secondary N) is 1. The van der Waals surface area contributed by atoms with Crippen LogP contribution in [0.4, 0.5) is 5.69 Å². The zero-order valence-electron chi connectivity index (χ0n) is 15.6. The first-order chi connectivity index (χ1) is 14.0. The number of rotatable bonds is 6. The Morgan fingerprint density at radius 3 is 2.55 bits per heavy atom. The molecular formula is C22H18N4O3. The van der Waals surface area contributed by atoms with Gasteiger partial charge in [-0.1, -0.05) is 48.5 Å². The molecule has 1 N–H and O–H groups in total. The van der Waals surface area contributed by atoms with Crippen molar-refractivity contribution in [2.24, 2.45) is 5.10 Å². The summed E-state index contributed by atoms with van der Waals surface area (Å²) in [6, 6.07) is 19.0. The van der Waals surface area contributed by atoms with E-state index in [1.54, 1.807) is 36.4 Å². The molecule has 0 aliphatic rings. The van der Waals surface area contributed by atoms with Crippen LogP contribution in [-0.2, 0) is 0 Å². The third kappa shape index (κ3) is 5.43. The van der Waals surface area contributed by atoms with Gasteiger partial charge >= 0.3 is 0 Å². The number of carbonyl (C=O) groups is 1. The Morgan fingerprint density at radius 2 is 1.86 bits per heavy atom. The largest absolute Gasteiger partial charge is 0.272 e. The molecule has 3 aromatic rings. The molecule has 0 saturated heterocycles. The maximum atomic E-state index is 12.3. The molecular weight excluding hydrogens is 368 g/mol. The number of carbonyl (C=O) groups excluding carboxylic acids is 1. The van der Waals surface area contributed by atoms with E-state index in [1.165, 1.54) is 18.3 Å². The van der Waals surface area contributed by atoms with Crippen molar-refractivity contribution in [2.45, 2.75) is 6.92 Å². The fraction of sp³-hybridized carbons (Fsp3) is 0.0455. The van der Waals surface area contributed by atoms with Crippen LogP contribution in [0.5, 0.6) is 0 Å². The maximum absolute atomic E-state index is 12.3. The molecule has 0 atom stereocenters. The first kappa shape index (κ1) is 19.6. The molecule has 1 heterocycles. The third-order valence-electron chi connectivity index (χ3n) is 4.04. The van der Waals surface area contributed by atoms with Crippen LogP contribution in [0.2, 0.25) is 0 Å². The first-order valence-electron chi connectivity index (χ1n) is 8.81. The molecule has 1 amide bonds. The number of hydrogen-bond acceptors (Lipinski definition) is 5. The molecule has 144 valence electrons. The number of nitrogens with zero attached hydrogens (tertiary/aromatic N) is 3. The number of aromatic nitrogens is 1. The summed E-state index contributed by atoms with van der Waals surface area (Å²) >= 11 is 0. The standard InChI is InChI=1S/C22H18N4O3/c1-16-10-12-19(15-23-16)22(27)25-24-21(18-7-3-2-4-8-18)13-11-17-6-5-9-20(14-17)26(28)29/h2-15H,1H3,(H,25,27)/b13-11+,24-21+. The Morgan fingerprint density at radius 1 is 1.07 bits per heavy atom. The molecule has 7 heteroatoms. The molecule has 0 saturated carbocycles. The minimum atomic E-state index is -0.445. The monoisotopic (exact) mass is 386 g/mol. The van der Waals surface area contributed by atoms with Gasteiger partial charge in [0.05, 0.1) is 16.2 Å². The number of hydrazone groups is 1. The van der Waals surface area contributed by atoms with Gasteiger partial charge < -0.3 is 0 Å². The summed E-state index contributed by atoms with van der Waals surface area (Å²) < 4.78 is 0. The molecule has 0 radical (unpaired) electrons. The van der Waals surface area contributed by atoms with E-state index in [0.717, 1.165) is 11.3 Å². The van der Waals surface area contributed by atoms with E-state index in [2.05, 4.69) is 15.5 Å². The number of amides is 1. The van der Waals surface area contributed by atoms with Crippen molar-refractivity contribution in [3.8, 4) is 0 Å². The summed E-state index contributed by atoms with van der Waals surface area (Å²) in [6.45, 7) is 1.84. The van der Waals surface area contributed by atoms with Gasteiger partial charge in [-0.3, -0.25) is 19.9 Å². The van der Waals surface area contributed by atoms with Gasteiger partial charge in [-0.25, -0.2) is 5.43 Å². The minimum absolute atomic E-state index is 0.00511. The normalized spacial score (nSPS) is 11.4. The lowest BCUT2D eigenvalue weighted by Gasteiger charge is -2.04. The molecule has 0 fully saturated rings. The van der Waals surface area contributed by atoms with Crippen molar-refractivity contribution in [3.05, 3.63) is 112 Å². The van der Waals surface area contributed by atoms with E-state index in [-0.39, 0.29) is 11.6 Å². The quantitative estimate of drug-likeness (QED) is 0.391. The van der Waals surface area contributed by atoms with Crippen LogP contribution in [0.25, 0.3) is 6.08 Å². The number of nitro benzene ring substituents is 1. The van der Waals surface area contributed by atoms with E-state index in [0.29, 0.717) is 16.8 Å². The number of allylic oxidation sites excluding steroid dienone is 1. The van der Waals surface area contributed by atoms with Crippen LogP contribution in [0.15, 0.2) is 84.1 Å². The van der Waals surface area contributed by atoms with E-state index >= 15 is 0 Å². The second-order valence-electron chi connectivity index (χ2n) is 6.18. The molecule has 0 bridgehead atoms. The number of non-ortho nitro benzene ring substituents is 1. The lowest BCUT2D eigenvalue weighted by molar-refractivity contribution is -0.384. The molecule has 0 spiro atoms. The predicted octanol–water partition coefficient (Wildman–Crippen LogP) is 4.15. The van der Waals surface area contributed by atoms with Crippen molar-refractivity contribution in [3.63, 3.8) is 0 Å². The molecule has 3 rings (SSSR count). The van der Waals surface area contributed by atoms with E-state index in [9.17, 15) is 14.9 Å². The Kier molecular flexibility index (Phi) is 6.22. The Hall–Kier alpha value is -4.13. The Labute approximate surface area is 167 Å². The number of benzene rings is 2. The van der Waals surface area contributed by atoms with Gasteiger partial charge in [-0.15, -0.1) is 0 Å². The predicted molar refractivity (Wildman–Crippen MR) is 112 cm³/mol.